The van der Waals surface area contributed by atoms with Gasteiger partial charge < -0.3 is 14.6 Å². The van der Waals surface area contributed by atoms with E-state index in [0.29, 0.717) is 0 Å². The van der Waals surface area contributed by atoms with Crippen LogP contribution in [0.5, 0.6) is 17.2 Å². The lowest BCUT2D eigenvalue weighted by Crippen LogP contribution is -2.18. The highest BCUT2D eigenvalue weighted by Gasteiger charge is 2.19. The largest absolute Gasteiger partial charge is 0.507 e. The first-order chi connectivity index (χ1) is 13.3. The SMILES string of the molecule is COc1cc(OC)c([N+](=O)[O-])cc1/C=N/NC(=O)c1cc([N+](=O)[O-])ccc1O. The fourth-order valence-corrected chi connectivity index (χ4v) is 2.19. The maximum atomic E-state index is 12.1. The quantitative estimate of drug-likeness (QED) is 0.411. The van der Waals surface area contributed by atoms with Gasteiger partial charge in [0.05, 0.1) is 35.8 Å². The average molecular weight is 390 g/mol. The molecule has 0 saturated carbocycles. The molecule has 12 heteroatoms. The van der Waals surface area contributed by atoms with Crippen LogP contribution in [0.4, 0.5) is 11.4 Å². The van der Waals surface area contributed by atoms with E-state index in [-0.39, 0.29) is 34.0 Å². The van der Waals surface area contributed by atoms with Crippen molar-refractivity contribution in [3.05, 3.63) is 61.7 Å². The Morgan fingerprint density at radius 1 is 1.11 bits per heavy atom. The van der Waals surface area contributed by atoms with Crippen LogP contribution in [0.25, 0.3) is 0 Å². The summed E-state index contributed by atoms with van der Waals surface area (Å²) >= 11 is 0. The van der Waals surface area contributed by atoms with E-state index in [1.807, 2.05) is 0 Å². The summed E-state index contributed by atoms with van der Waals surface area (Å²) in [5.41, 5.74) is 1.15. The Morgan fingerprint density at radius 3 is 2.36 bits per heavy atom. The Labute approximate surface area is 157 Å². The number of phenolic OH excluding ortho intramolecular Hbond substituents is 1. The summed E-state index contributed by atoms with van der Waals surface area (Å²) in [6, 6.07) is 5.36. The summed E-state index contributed by atoms with van der Waals surface area (Å²) in [4.78, 5) is 32.6. The fraction of sp³-hybridized carbons (Fsp3) is 0.125. The van der Waals surface area contributed by atoms with Crippen molar-refractivity contribution in [1.82, 2.24) is 5.43 Å². The number of nitro benzene ring substituents is 2. The molecule has 146 valence electrons. The van der Waals surface area contributed by atoms with E-state index < -0.39 is 21.5 Å². The molecule has 0 spiro atoms. The van der Waals surface area contributed by atoms with Crippen LogP contribution < -0.4 is 14.9 Å². The van der Waals surface area contributed by atoms with Gasteiger partial charge in [-0.25, -0.2) is 5.43 Å². The van der Waals surface area contributed by atoms with Gasteiger partial charge in [0.2, 0.25) is 5.75 Å². The van der Waals surface area contributed by atoms with Crippen molar-refractivity contribution in [3.63, 3.8) is 0 Å². The van der Waals surface area contributed by atoms with E-state index in [4.69, 9.17) is 9.47 Å². The Kier molecular flexibility index (Phi) is 6.06. The minimum atomic E-state index is -0.917. The Bertz CT molecular complexity index is 973. The highest BCUT2D eigenvalue weighted by Crippen LogP contribution is 2.33. The highest BCUT2D eigenvalue weighted by molar-refractivity contribution is 5.98. The van der Waals surface area contributed by atoms with Crippen LogP contribution in [0.15, 0.2) is 35.4 Å². The van der Waals surface area contributed by atoms with E-state index >= 15 is 0 Å². The van der Waals surface area contributed by atoms with Crippen molar-refractivity contribution in [2.75, 3.05) is 14.2 Å². The normalized spacial score (nSPS) is 10.5. The number of hydrogen-bond donors (Lipinski definition) is 2. The molecule has 0 unspecified atom stereocenters. The van der Waals surface area contributed by atoms with Crippen LogP contribution in [-0.4, -0.2) is 41.3 Å². The Balaban J connectivity index is 2.28. The number of carbonyl (C=O) groups is 1. The molecule has 0 aromatic heterocycles. The molecule has 2 N–H and O–H groups in total. The molecule has 1 amide bonds. The molecule has 0 bridgehead atoms. The zero-order valence-corrected chi connectivity index (χ0v) is 14.6. The first-order valence-corrected chi connectivity index (χ1v) is 7.49. The molecule has 0 atom stereocenters. The van der Waals surface area contributed by atoms with Gasteiger partial charge in [0.15, 0.2) is 0 Å². The predicted molar refractivity (Wildman–Crippen MR) is 96.0 cm³/mol. The van der Waals surface area contributed by atoms with Gasteiger partial charge in [0, 0.05) is 29.8 Å². The lowest BCUT2D eigenvalue weighted by Gasteiger charge is -2.08. The number of phenols is 1. The molecule has 0 saturated heterocycles. The minimum absolute atomic E-state index is 0.0236. The maximum absolute atomic E-state index is 12.1. The zero-order valence-electron chi connectivity index (χ0n) is 14.6. The third kappa shape index (κ3) is 4.30. The van der Waals surface area contributed by atoms with Gasteiger partial charge in [-0.3, -0.25) is 25.0 Å². The van der Waals surface area contributed by atoms with E-state index in [1.165, 1.54) is 20.3 Å². The lowest BCUT2D eigenvalue weighted by molar-refractivity contribution is -0.385. The van der Waals surface area contributed by atoms with Crippen LogP contribution in [-0.2, 0) is 0 Å². The monoisotopic (exact) mass is 390 g/mol. The molecule has 0 aliphatic rings. The number of ether oxygens (including phenoxy) is 2. The van der Waals surface area contributed by atoms with E-state index in [9.17, 15) is 30.1 Å². The number of carbonyl (C=O) groups excluding carboxylic acids is 1. The van der Waals surface area contributed by atoms with E-state index in [0.717, 1.165) is 30.5 Å². The zero-order chi connectivity index (χ0) is 20.8. The molecule has 2 aromatic carbocycles. The van der Waals surface area contributed by atoms with Crippen LogP contribution >= 0.6 is 0 Å². The topological polar surface area (TPSA) is 166 Å². The van der Waals surface area contributed by atoms with Gasteiger partial charge in [-0.15, -0.1) is 0 Å². The molecule has 0 radical (unpaired) electrons. The summed E-state index contributed by atoms with van der Waals surface area (Å²) in [7, 11) is 2.60. The Hall–Kier alpha value is -4.22. The molecule has 28 heavy (non-hydrogen) atoms. The summed E-state index contributed by atoms with van der Waals surface area (Å²) in [5, 5.41) is 35.2. The van der Waals surface area contributed by atoms with Gasteiger partial charge in [-0.05, 0) is 6.07 Å². The van der Waals surface area contributed by atoms with Crippen molar-refractivity contribution in [2.24, 2.45) is 5.10 Å². The summed E-state index contributed by atoms with van der Waals surface area (Å²) in [6.45, 7) is 0. The van der Waals surface area contributed by atoms with Gasteiger partial charge in [-0.2, -0.15) is 5.10 Å². The van der Waals surface area contributed by atoms with Crippen molar-refractivity contribution in [2.45, 2.75) is 0 Å². The number of non-ortho nitro benzene ring substituents is 1. The van der Waals surface area contributed by atoms with Crippen LogP contribution in [0, 0.1) is 20.2 Å². The Morgan fingerprint density at radius 2 is 1.79 bits per heavy atom. The van der Waals surface area contributed by atoms with Crippen molar-refractivity contribution >= 4 is 23.5 Å². The first kappa shape index (κ1) is 20.1. The number of nitro groups is 2. The number of amides is 1. The number of rotatable bonds is 7. The second kappa shape index (κ2) is 8.44. The number of aromatic hydroxyl groups is 1. The number of nitrogens with zero attached hydrogens (tertiary/aromatic N) is 3. The van der Waals surface area contributed by atoms with Gasteiger partial charge in [0.1, 0.15) is 11.5 Å². The number of hydrogen-bond acceptors (Lipinski definition) is 9. The molecule has 12 nitrogen and oxygen atoms in total. The second-order valence-electron chi connectivity index (χ2n) is 5.18. The third-order valence-electron chi connectivity index (χ3n) is 3.53. The van der Waals surface area contributed by atoms with Crippen molar-refractivity contribution < 1.29 is 29.2 Å². The lowest BCUT2D eigenvalue weighted by atomic mass is 10.1. The molecule has 2 rings (SSSR count). The fourth-order valence-electron chi connectivity index (χ4n) is 2.19. The molecule has 0 fully saturated rings. The van der Waals surface area contributed by atoms with Crippen LogP contribution in [0.2, 0.25) is 0 Å². The third-order valence-corrected chi connectivity index (χ3v) is 3.53. The summed E-state index contributed by atoms with van der Waals surface area (Å²) < 4.78 is 10.0. The number of methoxy groups -OCH3 is 2. The standard InChI is InChI=1S/C16H14N4O8/c1-27-14-7-15(28-2)12(20(25)26)5-9(14)8-17-18-16(22)11-6-10(19(23)24)3-4-13(11)21/h3-8,21H,1-2H3,(H,18,22)/b17-8+. The molecule has 2 aromatic rings. The average Bonchev–Trinajstić information content (AvgIpc) is 2.67. The van der Waals surface area contributed by atoms with E-state index in [2.05, 4.69) is 10.5 Å². The smallest absolute Gasteiger partial charge is 0.311 e. The first-order valence-electron chi connectivity index (χ1n) is 7.49. The molecule has 0 aliphatic carbocycles. The summed E-state index contributed by atoms with van der Waals surface area (Å²) in [6.07, 6.45) is 1.08. The molecular weight excluding hydrogens is 376 g/mol. The number of benzene rings is 2. The number of hydrazone groups is 1. The van der Waals surface area contributed by atoms with Crippen LogP contribution in [0.3, 0.4) is 0 Å². The highest BCUT2D eigenvalue weighted by atomic mass is 16.6. The number of nitrogens with one attached hydrogen (secondary N) is 1. The van der Waals surface area contributed by atoms with Crippen molar-refractivity contribution in [1.29, 1.82) is 0 Å². The maximum Gasteiger partial charge on any atom is 0.311 e. The van der Waals surface area contributed by atoms with Gasteiger partial charge >= 0.3 is 5.69 Å². The molecule has 0 aliphatic heterocycles. The van der Waals surface area contributed by atoms with Crippen LogP contribution in [0.1, 0.15) is 15.9 Å². The van der Waals surface area contributed by atoms with Crippen molar-refractivity contribution in [3.8, 4) is 17.2 Å². The molecule has 0 heterocycles. The second-order valence-corrected chi connectivity index (χ2v) is 5.18. The predicted octanol–water partition coefficient (Wildman–Crippen LogP) is 1.99. The minimum Gasteiger partial charge on any atom is -0.507 e. The van der Waals surface area contributed by atoms with Gasteiger partial charge in [0.25, 0.3) is 11.6 Å². The van der Waals surface area contributed by atoms with Gasteiger partial charge in [-0.1, -0.05) is 0 Å². The summed E-state index contributed by atoms with van der Waals surface area (Å²) in [5.74, 6) is -1.22. The van der Waals surface area contributed by atoms with E-state index in [1.54, 1.807) is 0 Å². The molecular formula is C16H14N4O8.